The molecule has 0 spiro atoms. The summed E-state index contributed by atoms with van der Waals surface area (Å²) in [6.07, 6.45) is -0.560. The first-order valence-corrected chi connectivity index (χ1v) is 12.3. The number of alkyl carbamates (subject to hydrolysis) is 1. The zero-order valence-corrected chi connectivity index (χ0v) is 20.3. The first-order valence-electron chi connectivity index (χ1n) is 12.3. The van der Waals surface area contributed by atoms with E-state index in [-0.39, 0.29) is 18.9 Å². The molecule has 7 nitrogen and oxygen atoms in total. The number of nitrogens with one attached hydrogen (secondary N) is 1. The molecule has 1 atom stereocenters. The maximum Gasteiger partial charge on any atom is 0.407 e. The fourth-order valence-corrected chi connectivity index (χ4v) is 5.22. The number of hydrogen-bond donors (Lipinski definition) is 2. The number of carbonyl (C=O) groups excluding carboxylic acids is 1. The predicted octanol–water partition coefficient (Wildman–Crippen LogP) is 4.37. The minimum Gasteiger partial charge on any atom is -0.480 e. The molecule has 3 aromatic rings. The summed E-state index contributed by atoms with van der Waals surface area (Å²) in [7, 11) is 0. The zero-order chi connectivity index (χ0) is 25.1. The Morgan fingerprint density at radius 2 is 1.67 bits per heavy atom. The fourth-order valence-electron chi connectivity index (χ4n) is 5.22. The van der Waals surface area contributed by atoms with Crippen molar-refractivity contribution in [1.82, 2.24) is 5.32 Å². The predicted molar refractivity (Wildman–Crippen MR) is 138 cm³/mol. The van der Waals surface area contributed by atoms with Crippen molar-refractivity contribution >= 4 is 17.7 Å². The van der Waals surface area contributed by atoms with Gasteiger partial charge in [0.1, 0.15) is 12.6 Å². The van der Waals surface area contributed by atoms with Gasteiger partial charge in [-0.25, -0.2) is 9.59 Å². The van der Waals surface area contributed by atoms with Gasteiger partial charge in [0.15, 0.2) is 0 Å². The molecule has 1 aliphatic carbocycles. The van der Waals surface area contributed by atoms with Crippen LogP contribution < -0.4 is 10.2 Å². The van der Waals surface area contributed by atoms with Gasteiger partial charge in [-0.3, -0.25) is 0 Å². The van der Waals surface area contributed by atoms with Crippen LogP contribution in [-0.4, -0.2) is 56.1 Å². The van der Waals surface area contributed by atoms with Crippen LogP contribution in [0.25, 0.3) is 11.1 Å². The van der Waals surface area contributed by atoms with Crippen LogP contribution in [0.3, 0.4) is 0 Å². The number of amides is 1. The third-order valence-corrected chi connectivity index (χ3v) is 6.99. The molecule has 0 saturated carbocycles. The molecule has 1 aliphatic heterocycles. The van der Waals surface area contributed by atoms with Crippen LogP contribution >= 0.6 is 0 Å². The molecule has 186 valence electrons. The van der Waals surface area contributed by atoms with Gasteiger partial charge in [-0.2, -0.15) is 0 Å². The Kier molecular flexibility index (Phi) is 6.91. The summed E-state index contributed by atoms with van der Waals surface area (Å²) in [5.74, 6) is -1.18. The highest BCUT2D eigenvalue weighted by Gasteiger charge is 2.30. The highest BCUT2D eigenvalue weighted by atomic mass is 16.5. The third kappa shape index (κ3) is 4.93. The Bertz CT molecular complexity index is 1220. The standard InChI is InChI=1S/C29H30N2O5/c1-19-16-20(10-11-27(19)31-12-14-35-15-13-31)17-26(28(32)33)30-29(34)36-18-25-23-8-4-2-6-21(23)22-7-3-5-9-24(22)25/h2-11,16,25-26H,12-15,17-18H2,1H3,(H,30,34)(H,32,33). The maximum absolute atomic E-state index is 12.6. The summed E-state index contributed by atoms with van der Waals surface area (Å²) in [5.41, 5.74) is 7.53. The molecule has 1 amide bonds. The van der Waals surface area contributed by atoms with Crippen molar-refractivity contribution < 1.29 is 24.2 Å². The number of carboxylic acids is 1. The molecule has 1 fully saturated rings. The smallest absolute Gasteiger partial charge is 0.407 e. The van der Waals surface area contributed by atoms with E-state index in [1.54, 1.807) is 0 Å². The molecule has 0 radical (unpaired) electrons. The number of fused-ring (bicyclic) bond motifs is 3. The Morgan fingerprint density at radius 1 is 1.03 bits per heavy atom. The largest absolute Gasteiger partial charge is 0.480 e. The van der Waals surface area contributed by atoms with Gasteiger partial charge in [0, 0.05) is 31.1 Å². The molecule has 1 saturated heterocycles. The SMILES string of the molecule is Cc1cc(CC(NC(=O)OCC2c3ccccc3-c3ccccc32)C(=O)O)ccc1N1CCOCC1. The molecule has 7 heteroatoms. The first-order chi connectivity index (χ1) is 17.5. The summed E-state index contributed by atoms with van der Waals surface area (Å²) in [6.45, 7) is 5.23. The van der Waals surface area contributed by atoms with Crippen LogP contribution in [-0.2, 0) is 20.7 Å². The molecule has 36 heavy (non-hydrogen) atoms. The minimum absolute atomic E-state index is 0.0817. The van der Waals surface area contributed by atoms with Gasteiger partial charge in [0.2, 0.25) is 0 Å². The monoisotopic (exact) mass is 486 g/mol. The van der Waals surface area contributed by atoms with E-state index in [0.717, 1.165) is 52.2 Å². The quantitative estimate of drug-likeness (QED) is 0.516. The van der Waals surface area contributed by atoms with E-state index in [2.05, 4.69) is 22.3 Å². The number of ether oxygens (including phenoxy) is 2. The van der Waals surface area contributed by atoms with Gasteiger partial charge in [-0.15, -0.1) is 0 Å². The number of benzene rings is 3. The number of rotatable bonds is 7. The number of nitrogens with zero attached hydrogens (tertiary/aromatic N) is 1. The molecule has 3 aromatic carbocycles. The summed E-state index contributed by atoms with van der Waals surface area (Å²) >= 11 is 0. The highest BCUT2D eigenvalue weighted by molar-refractivity contribution is 5.81. The number of anilines is 1. The Hall–Kier alpha value is -3.84. The van der Waals surface area contributed by atoms with Gasteiger partial charge >= 0.3 is 12.1 Å². The average molecular weight is 487 g/mol. The lowest BCUT2D eigenvalue weighted by atomic mass is 9.98. The fraction of sp³-hybridized carbons (Fsp3) is 0.310. The molecule has 2 N–H and O–H groups in total. The Balaban J connectivity index is 1.22. The molecular formula is C29H30N2O5. The van der Waals surface area contributed by atoms with Crippen LogP contribution in [0.5, 0.6) is 0 Å². The molecular weight excluding hydrogens is 456 g/mol. The normalized spacial score (nSPS) is 15.6. The first kappa shape index (κ1) is 23.9. The van der Waals surface area contributed by atoms with E-state index in [9.17, 15) is 14.7 Å². The van der Waals surface area contributed by atoms with Crippen LogP contribution in [0, 0.1) is 6.92 Å². The third-order valence-electron chi connectivity index (χ3n) is 6.99. The number of carbonyl (C=O) groups is 2. The summed E-state index contributed by atoms with van der Waals surface area (Å²) in [5, 5.41) is 12.3. The summed E-state index contributed by atoms with van der Waals surface area (Å²) < 4.78 is 11.0. The van der Waals surface area contributed by atoms with E-state index < -0.39 is 18.1 Å². The average Bonchev–Trinajstić information content (AvgIpc) is 3.21. The number of aryl methyl sites for hydroxylation is 1. The molecule has 0 bridgehead atoms. The maximum atomic E-state index is 12.6. The van der Waals surface area contributed by atoms with Crippen molar-refractivity contribution in [1.29, 1.82) is 0 Å². The van der Waals surface area contributed by atoms with E-state index in [0.29, 0.717) is 13.2 Å². The molecule has 5 rings (SSSR count). The topological polar surface area (TPSA) is 88.1 Å². The second-order valence-corrected chi connectivity index (χ2v) is 9.29. The van der Waals surface area contributed by atoms with Gasteiger partial charge < -0.3 is 24.8 Å². The van der Waals surface area contributed by atoms with E-state index in [4.69, 9.17) is 9.47 Å². The molecule has 0 aromatic heterocycles. The lowest BCUT2D eigenvalue weighted by molar-refractivity contribution is -0.139. The summed E-state index contributed by atoms with van der Waals surface area (Å²) in [6, 6.07) is 21.0. The lowest BCUT2D eigenvalue weighted by Gasteiger charge is -2.30. The van der Waals surface area contributed by atoms with Crippen molar-refractivity contribution in [2.24, 2.45) is 0 Å². The number of morpholine rings is 1. The lowest BCUT2D eigenvalue weighted by Crippen LogP contribution is -2.43. The van der Waals surface area contributed by atoms with Gasteiger partial charge in [0.05, 0.1) is 13.2 Å². The van der Waals surface area contributed by atoms with Crippen molar-refractivity contribution in [2.45, 2.75) is 25.3 Å². The van der Waals surface area contributed by atoms with Crippen LogP contribution in [0.1, 0.15) is 28.2 Å². The minimum atomic E-state index is -1.10. The van der Waals surface area contributed by atoms with Crippen LogP contribution in [0.2, 0.25) is 0 Å². The van der Waals surface area contributed by atoms with E-state index in [1.165, 1.54) is 0 Å². The highest BCUT2D eigenvalue weighted by Crippen LogP contribution is 2.44. The van der Waals surface area contributed by atoms with E-state index in [1.807, 2.05) is 61.5 Å². The van der Waals surface area contributed by atoms with Crippen molar-refractivity contribution in [3.8, 4) is 11.1 Å². The second kappa shape index (κ2) is 10.4. The van der Waals surface area contributed by atoms with Crippen molar-refractivity contribution in [2.75, 3.05) is 37.8 Å². The molecule has 1 unspecified atom stereocenters. The number of hydrogen-bond acceptors (Lipinski definition) is 5. The van der Waals surface area contributed by atoms with Crippen molar-refractivity contribution in [3.63, 3.8) is 0 Å². The zero-order valence-electron chi connectivity index (χ0n) is 20.3. The second-order valence-electron chi connectivity index (χ2n) is 9.29. The Labute approximate surface area is 210 Å². The number of carboxylic acid groups (broad SMARTS) is 1. The number of aliphatic carboxylic acids is 1. The van der Waals surface area contributed by atoms with Gasteiger partial charge in [0.25, 0.3) is 0 Å². The summed E-state index contributed by atoms with van der Waals surface area (Å²) in [4.78, 5) is 26.8. The van der Waals surface area contributed by atoms with E-state index >= 15 is 0 Å². The molecule has 1 heterocycles. The van der Waals surface area contributed by atoms with Crippen molar-refractivity contribution in [3.05, 3.63) is 89.0 Å². The molecule has 2 aliphatic rings. The van der Waals surface area contributed by atoms with Gasteiger partial charge in [-0.05, 0) is 46.4 Å². The Morgan fingerprint density at radius 3 is 2.28 bits per heavy atom. The van der Waals surface area contributed by atoms with Crippen LogP contribution in [0.4, 0.5) is 10.5 Å². The van der Waals surface area contributed by atoms with Crippen LogP contribution in [0.15, 0.2) is 66.7 Å². The van der Waals surface area contributed by atoms with Gasteiger partial charge in [-0.1, -0.05) is 60.7 Å².